The Morgan fingerprint density at radius 3 is 0.885 bits per heavy atom. The summed E-state index contributed by atoms with van der Waals surface area (Å²) in [6, 6.07) is 4.11. The van der Waals surface area contributed by atoms with Gasteiger partial charge in [-0.25, -0.2) is 0 Å². The van der Waals surface area contributed by atoms with Crippen LogP contribution in [-0.4, -0.2) is 10.3 Å². The molecule has 0 bridgehead atoms. The standard InChI is InChI=1S/2C11H19NO/c2*1-10(2,3)8-7-9(13-12-8)11(4,5)6/h2*7H,1-6H3. The van der Waals surface area contributed by atoms with Crippen LogP contribution in [0.25, 0.3) is 0 Å². The topological polar surface area (TPSA) is 52.1 Å². The van der Waals surface area contributed by atoms with Crippen molar-refractivity contribution >= 4 is 0 Å². The number of hydrogen-bond donors (Lipinski definition) is 0. The average Bonchev–Trinajstić information content (AvgIpc) is 3.06. The highest BCUT2D eigenvalue weighted by Gasteiger charge is 2.25. The normalized spacial score (nSPS) is 13.4. The Kier molecular flexibility index (Phi) is 6.22. The van der Waals surface area contributed by atoms with Crippen LogP contribution in [0.4, 0.5) is 0 Å². The zero-order chi connectivity index (χ0) is 20.6. The van der Waals surface area contributed by atoms with Gasteiger partial charge in [-0.1, -0.05) is 93.4 Å². The van der Waals surface area contributed by atoms with Crippen molar-refractivity contribution in [2.75, 3.05) is 0 Å². The molecule has 0 saturated carbocycles. The fourth-order valence-electron chi connectivity index (χ4n) is 1.96. The van der Waals surface area contributed by atoms with Gasteiger partial charge >= 0.3 is 0 Å². The molecule has 0 aliphatic carbocycles. The molecule has 0 unspecified atom stereocenters. The zero-order valence-corrected chi connectivity index (χ0v) is 18.9. The molecule has 0 saturated heterocycles. The third-order valence-electron chi connectivity index (χ3n) is 4.04. The average molecular weight is 363 g/mol. The van der Waals surface area contributed by atoms with Gasteiger partial charge in [0.25, 0.3) is 0 Å². The second-order valence-corrected chi connectivity index (χ2v) is 11.2. The number of rotatable bonds is 0. The summed E-state index contributed by atoms with van der Waals surface area (Å²) in [6.45, 7) is 25.6. The van der Waals surface area contributed by atoms with E-state index in [-0.39, 0.29) is 21.7 Å². The maximum absolute atomic E-state index is 5.31. The van der Waals surface area contributed by atoms with E-state index in [0.29, 0.717) is 0 Å². The second-order valence-electron chi connectivity index (χ2n) is 11.2. The van der Waals surface area contributed by atoms with Crippen LogP contribution in [0.5, 0.6) is 0 Å². The minimum Gasteiger partial charge on any atom is -0.361 e. The molecular weight excluding hydrogens is 324 g/mol. The maximum atomic E-state index is 5.31. The number of hydrogen-bond acceptors (Lipinski definition) is 4. The summed E-state index contributed by atoms with van der Waals surface area (Å²) < 4.78 is 10.6. The van der Waals surface area contributed by atoms with Gasteiger partial charge in [-0.05, 0) is 0 Å². The number of aromatic nitrogens is 2. The summed E-state index contributed by atoms with van der Waals surface area (Å²) in [7, 11) is 0. The third-order valence-corrected chi connectivity index (χ3v) is 4.04. The van der Waals surface area contributed by atoms with E-state index in [1.165, 1.54) is 0 Å². The van der Waals surface area contributed by atoms with Gasteiger partial charge in [0, 0.05) is 33.8 Å². The number of nitrogens with zero attached hydrogens (tertiary/aromatic N) is 2. The summed E-state index contributed by atoms with van der Waals surface area (Å²) in [5.41, 5.74) is 2.31. The van der Waals surface area contributed by atoms with Crippen LogP contribution in [0.1, 0.15) is 106 Å². The van der Waals surface area contributed by atoms with Gasteiger partial charge < -0.3 is 9.05 Å². The van der Waals surface area contributed by atoms with Crippen LogP contribution in [0.15, 0.2) is 21.2 Å². The fourth-order valence-corrected chi connectivity index (χ4v) is 1.96. The lowest BCUT2D eigenvalue weighted by Gasteiger charge is -2.14. The van der Waals surface area contributed by atoms with Gasteiger partial charge in [0.1, 0.15) is 11.5 Å². The lowest BCUT2D eigenvalue weighted by molar-refractivity contribution is 0.319. The molecule has 0 fully saturated rings. The van der Waals surface area contributed by atoms with E-state index in [9.17, 15) is 0 Å². The molecule has 4 heteroatoms. The molecule has 0 radical (unpaired) electrons. The lowest BCUT2D eigenvalue weighted by Crippen LogP contribution is -2.12. The smallest absolute Gasteiger partial charge is 0.142 e. The minimum absolute atomic E-state index is 0.0521. The highest BCUT2D eigenvalue weighted by atomic mass is 16.5. The van der Waals surface area contributed by atoms with Crippen LogP contribution in [0.2, 0.25) is 0 Å². The SMILES string of the molecule is CC(C)(C)c1cc(C(C)(C)C)on1.CC(C)(C)c1cc(C(C)(C)C)on1. The molecule has 2 aromatic heterocycles. The van der Waals surface area contributed by atoms with Crippen molar-refractivity contribution in [2.45, 2.75) is 105 Å². The Hall–Kier alpha value is -1.58. The Balaban J connectivity index is 0.000000260. The Labute approximate surface area is 159 Å². The maximum Gasteiger partial charge on any atom is 0.142 e. The van der Waals surface area contributed by atoms with Crippen LogP contribution in [-0.2, 0) is 21.7 Å². The first-order valence-electron chi connectivity index (χ1n) is 9.38. The monoisotopic (exact) mass is 362 g/mol. The van der Waals surface area contributed by atoms with Gasteiger partial charge in [0.05, 0.1) is 11.4 Å². The highest BCUT2D eigenvalue weighted by Crippen LogP contribution is 2.29. The Morgan fingerprint density at radius 1 is 0.500 bits per heavy atom. The van der Waals surface area contributed by atoms with Gasteiger partial charge in [-0.2, -0.15) is 0 Å². The van der Waals surface area contributed by atoms with Crippen molar-refractivity contribution in [3.05, 3.63) is 35.0 Å². The molecule has 2 rings (SSSR count). The minimum atomic E-state index is 0.0521. The van der Waals surface area contributed by atoms with Gasteiger partial charge in [0.2, 0.25) is 0 Å². The summed E-state index contributed by atoms with van der Waals surface area (Å²) in [6.07, 6.45) is 0. The lowest BCUT2D eigenvalue weighted by atomic mass is 9.88. The largest absolute Gasteiger partial charge is 0.361 e. The van der Waals surface area contributed by atoms with Crippen molar-refractivity contribution in [1.82, 2.24) is 10.3 Å². The van der Waals surface area contributed by atoms with E-state index >= 15 is 0 Å². The van der Waals surface area contributed by atoms with Crippen molar-refractivity contribution < 1.29 is 9.05 Å². The van der Waals surface area contributed by atoms with Crippen molar-refractivity contribution in [2.24, 2.45) is 0 Å². The van der Waals surface area contributed by atoms with Crippen LogP contribution in [0, 0.1) is 0 Å². The quantitative estimate of drug-likeness (QED) is 0.534. The highest BCUT2D eigenvalue weighted by molar-refractivity contribution is 5.19. The van der Waals surface area contributed by atoms with Crippen molar-refractivity contribution in [3.63, 3.8) is 0 Å². The van der Waals surface area contributed by atoms with E-state index in [1.807, 2.05) is 0 Å². The Bertz CT molecular complexity index is 577. The van der Waals surface area contributed by atoms with Crippen LogP contribution in [0.3, 0.4) is 0 Å². The van der Waals surface area contributed by atoms with E-state index in [2.05, 4.69) is 106 Å². The predicted molar refractivity (Wildman–Crippen MR) is 108 cm³/mol. The van der Waals surface area contributed by atoms with E-state index < -0.39 is 0 Å². The molecule has 148 valence electrons. The summed E-state index contributed by atoms with van der Waals surface area (Å²) >= 11 is 0. The molecule has 0 aliphatic rings. The van der Waals surface area contributed by atoms with E-state index in [1.54, 1.807) is 0 Å². The molecule has 2 aromatic rings. The molecule has 4 nitrogen and oxygen atoms in total. The van der Waals surface area contributed by atoms with Crippen molar-refractivity contribution in [3.8, 4) is 0 Å². The predicted octanol–water partition coefficient (Wildman–Crippen LogP) is 6.54. The van der Waals surface area contributed by atoms with Gasteiger partial charge in [-0.15, -0.1) is 0 Å². The first-order valence-corrected chi connectivity index (χ1v) is 9.38. The molecular formula is C22H38N2O2. The molecule has 0 spiro atoms. The first kappa shape index (κ1) is 22.5. The molecule has 2 heterocycles. The van der Waals surface area contributed by atoms with E-state index in [0.717, 1.165) is 22.9 Å². The molecule has 0 aromatic carbocycles. The van der Waals surface area contributed by atoms with Gasteiger partial charge in [-0.3, -0.25) is 0 Å². The van der Waals surface area contributed by atoms with Crippen molar-refractivity contribution in [1.29, 1.82) is 0 Å². The third kappa shape index (κ3) is 6.30. The van der Waals surface area contributed by atoms with Crippen LogP contribution >= 0.6 is 0 Å². The summed E-state index contributed by atoms with van der Waals surface area (Å²) in [4.78, 5) is 0. The Morgan fingerprint density at radius 2 is 0.769 bits per heavy atom. The molecule has 0 amide bonds. The molecule has 0 N–H and O–H groups in total. The van der Waals surface area contributed by atoms with Gasteiger partial charge in [0.15, 0.2) is 0 Å². The first-order chi connectivity index (χ1) is 11.4. The molecule has 0 aliphatic heterocycles. The molecule has 0 atom stereocenters. The fraction of sp³-hybridized carbons (Fsp3) is 0.727. The summed E-state index contributed by atoms with van der Waals surface area (Å²) in [5, 5.41) is 8.16. The van der Waals surface area contributed by atoms with E-state index in [4.69, 9.17) is 9.05 Å². The summed E-state index contributed by atoms with van der Waals surface area (Å²) in [5.74, 6) is 1.91. The molecule has 26 heavy (non-hydrogen) atoms. The second kappa shape index (κ2) is 7.21. The van der Waals surface area contributed by atoms with Crippen LogP contribution < -0.4 is 0 Å². The zero-order valence-electron chi connectivity index (χ0n) is 18.9.